The second-order valence-electron chi connectivity index (χ2n) is 7.42. The normalized spacial score (nSPS) is 14.4. The molecule has 0 amide bonds. The average Bonchev–Trinajstić information content (AvgIpc) is 3.32. The van der Waals surface area contributed by atoms with Gasteiger partial charge in [0, 0.05) is 51.0 Å². The summed E-state index contributed by atoms with van der Waals surface area (Å²) in [5, 5.41) is 6.64. The van der Waals surface area contributed by atoms with E-state index in [0.29, 0.717) is 0 Å². The number of anilines is 1. The number of nitrogens with zero attached hydrogens (tertiary/aromatic N) is 4. The predicted octanol–water partition coefficient (Wildman–Crippen LogP) is 4.97. The molecule has 3 heterocycles. The lowest BCUT2D eigenvalue weighted by Crippen LogP contribution is -2.47. The Kier molecular flexibility index (Phi) is 8.58. The van der Waals surface area contributed by atoms with E-state index < -0.39 is 0 Å². The van der Waals surface area contributed by atoms with Crippen molar-refractivity contribution in [1.82, 2.24) is 14.7 Å². The number of benzene rings is 1. The molecule has 0 aliphatic carbocycles. The molecule has 0 saturated carbocycles. The van der Waals surface area contributed by atoms with Crippen LogP contribution >= 0.6 is 36.2 Å². The van der Waals surface area contributed by atoms with Crippen LogP contribution in [0.3, 0.4) is 0 Å². The highest BCUT2D eigenvalue weighted by molar-refractivity contribution is 7.13. The van der Waals surface area contributed by atoms with Crippen molar-refractivity contribution >= 4 is 41.8 Å². The molecule has 4 nitrogen and oxygen atoms in total. The van der Waals surface area contributed by atoms with E-state index in [9.17, 15) is 0 Å². The van der Waals surface area contributed by atoms with Crippen LogP contribution in [0.1, 0.15) is 16.7 Å². The summed E-state index contributed by atoms with van der Waals surface area (Å²) in [6, 6.07) is 10.9. The Morgan fingerprint density at radius 3 is 2.45 bits per heavy atom. The lowest BCUT2D eigenvalue weighted by Gasteiger charge is -2.37. The van der Waals surface area contributed by atoms with E-state index in [1.807, 2.05) is 17.9 Å². The number of thiophene rings is 1. The highest BCUT2D eigenvalue weighted by atomic mass is 35.5. The maximum atomic E-state index is 4.50. The molecule has 0 spiro atoms. The zero-order valence-electron chi connectivity index (χ0n) is 17.3. The topological polar surface area (TPSA) is 24.3 Å². The van der Waals surface area contributed by atoms with Crippen molar-refractivity contribution in [1.29, 1.82) is 0 Å². The first kappa shape index (κ1) is 23.7. The van der Waals surface area contributed by atoms with Crippen LogP contribution in [0, 0.1) is 13.8 Å². The van der Waals surface area contributed by atoms with Crippen LogP contribution in [0.4, 0.5) is 5.69 Å². The first-order valence-corrected chi connectivity index (χ1v) is 10.6. The van der Waals surface area contributed by atoms with E-state index >= 15 is 0 Å². The molecule has 1 aliphatic rings. The number of rotatable bonds is 5. The molecule has 1 aromatic carbocycles. The third kappa shape index (κ3) is 5.15. The first-order valence-electron chi connectivity index (χ1n) is 9.72. The van der Waals surface area contributed by atoms with Crippen LogP contribution in [-0.2, 0) is 13.5 Å². The zero-order chi connectivity index (χ0) is 18.8. The van der Waals surface area contributed by atoms with Crippen LogP contribution in [-0.4, -0.2) is 47.4 Å². The van der Waals surface area contributed by atoms with Gasteiger partial charge in [-0.05, 0) is 48.9 Å². The van der Waals surface area contributed by atoms with E-state index in [-0.39, 0.29) is 24.8 Å². The van der Waals surface area contributed by atoms with Crippen molar-refractivity contribution in [2.24, 2.45) is 7.05 Å². The molecule has 1 aliphatic heterocycles. The molecule has 3 aromatic rings. The van der Waals surface area contributed by atoms with Crippen LogP contribution in [0.5, 0.6) is 0 Å². The zero-order valence-corrected chi connectivity index (χ0v) is 19.7. The number of aryl methyl sites for hydroxylation is 2. The monoisotopic (exact) mass is 452 g/mol. The van der Waals surface area contributed by atoms with Crippen LogP contribution in [0.25, 0.3) is 10.6 Å². The molecule has 158 valence electrons. The Labute approximate surface area is 190 Å². The first-order chi connectivity index (χ1) is 13.1. The maximum absolute atomic E-state index is 4.50. The summed E-state index contributed by atoms with van der Waals surface area (Å²) in [4.78, 5) is 6.44. The summed E-state index contributed by atoms with van der Waals surface area (Å²) >= 11 is 1.79. The van der Waals surface area contributed by atoms with Gasteiger partial charge >= 0.3 is 0 Å². The summed E-state index contributed by atoms with van der Waals surface area (Å²) in [6.45, 7) is 10.0. The summed E-state index contributed by atoms with van der Waals surface area (Å²) < 4.78 is 2.01. The molecule has 1 saturated heterocycles. The largest absolute Gasteiger partial charge is 0.369 e. The van der Waals surface area contributed by atoms with Gasteiger partial charge < -0.3 is 4.90 Å². The van der Waals surface area contributed by atoms with Crippen molar-refractivity contribution < 1.29 is 0 Å². The summed E-state index contributed by atoms with van der Waals surface area (Å²) in [5.41, 5.74) is 6.84. The lowest BCUT2D eigenvalue weighted by molar-refractivity contribution is 0.261. The Balaban J connectivity index is 0.00000150. The molecule has 0 unspecified atom stereocenters. The van der Waals surface area contributed by atoms with Crippen molar-refractivity contribution in [2.75, 3.05) is 37.6 Å². The van der Waals surface area contributed by atoms with Crippen molar-refractivity contribution in [3.63, 3.8) is 0 Å². The standard InChI is InChI=1S/C22H28N4S.2ClH/c1-17-6-4-7-20(18(17)2)26-13-11-25(12-14-26)10-9-19-16-23-24(3)22(19)21-8-5-15-27-21;;/h4-8,15-16H,9-14H2,1-3H3;2*1H. The van der Waals surface area contributed by atoms with Crippen LogP contribution in [0.2, 0.25) is 0 Å². The molecule has 4 rings (SSSR count). The van der Waals surface area contributed by atoms with E-state index in [0.717, 1.165) is 39.1 Å². The summed E-state index contributed by atoms with van der Waals surface area (Å²) in [5.74, 6) is 0. The Morgan fingerprint density at radius 2 is 1.76 bits per heavy atom. The Hall–Kier alpha value is -1.53. The molecular weight excluding hydrogens is 423 g/mol. The SMILES string of the molecule is Cc1cccc(N2CCN(CCc3cnn(C)c3-c3cccs3)CC2)c1C.Cl.Cl. The molecule has 7 heteroatoms. The van der Waals surface area contributed by atoms with E-state index in [2.05, 4.69) is 64.5 Å². The molecule has 0 N–H and O–H groups in total. The molecule has 29 heavy (non-hydrogen) atoms. The van der Waals surface area contributed by atoms with Gasteiger partial charge in [-0.25, -0.2) is 0 Å². The number of aromatic nitrogens is 2. The molecule has 0 bridgehead atoms. The highest BCUT2D eigenvalue weighted by Gasteiger charge is 2.20. The minimum atomic E-state index is 0. The predicted molar refractivity (Wildman–Crippen MR) is 129 cm³/mol. The van der Waals surface area contributed by atoms with E-state index in [1.165, 1.54) is 32.9 Å². The number of hydrogen-bond acceptors (Lipinski definition) is 4. The fourth-order valence-corrected chi connectivity index (χ4v) is 4.80. The third-order valence-electron chi connectivity index (χ3n) is 5.76. The highest BCUT2D eigenvalue weighted by Crippen LogP contribution is 2.28. The smallest absolute Gasteiger partial charge is 0.0811 e. The lowest BCUT2D eigenvalue weighted by atomic mass is 10.1. The second kappa shape index (κ2) is 10.5. The van der Waals surface area contributed by atoms with Gasteiger partial charge in [0.25, 0.3) is 0 Å². The van der Waals surface area contributed by atoms with Gasteiger partial charge in [0.1, 0.15) is 0 Å². The quantitative estimate of drug-likeness (QED) is 0.545. The van der Waals surface area contributed by atoms with Crippen molar-refractivity contribution in [3.8, 4) is 10.6 Å². The van der Waals surface area contributed by atoms with Gasteiger partial charge in [-0.15, -0.1) is 36.2 Å². The second-order valence-corrected chi connectivity index (χ2v) is 8.36. The van der Waals surface area contributed by atoms with Gasteiger partial charge in [0.2, 0.25) is 0 Å². The average molecular weight is 453 g/mol. The number of halogens is 2. The molecule has 0 radical (unpaired) electrons. The summed E-state index contributed by atoms with van der Waals surface area (Å²) in [6.07, 6.45) is 3.10. The van der Waals surface area contributed by atoms with E-state index in [4.69, 9.17) is 0 Å². The summed E-state index contributed by atoms with van der Waals surface area (Å²) in [7, 11) is 2.04. The van der Waals surface area contributed by atoms with Gasteiger partial charge in [-0.2, -0.15) is 5.10 Å². The van der Waals surface area contributed by atoms with Crippen molar-refractivity contribution in [3.05, 3.63) is 58.6 Å². The van der Waals surface area contributed by atoms with Gasteiger partial charge in [0.15, 0.2) is 0 Å². The molecule has 1 fully saturated rings. The van der Waals surface area contributed by atoms with Gasteiger partial charge in [-0.1, -0.05) is 18.2 Å². The van der Waals surface area contributed by atoms with Gasteiger partial charge in [-0.3, -0.25) is 9.58 Å². The van der Waals surface area contributed by atoms with Crippen LogP contribution < -0.4 is 4.90 Å². The fraction of sp³-hybridized carbons (Fsp3) is 0.409. The molecule has 2 aromatic heterocycles. The third-order valence-corrected chi connectivity index (χ3v) is 6.63. The minimum absolute atomic E-state index is 0. The van der Waals surface area contributed by atoms with Crippen molar-refractivity contribution in [2.45, 2.75) is 20.3 Å². The van der Waals surface area contributed by atoms with Gasteiger partial charge in [0.05, 0.1) is 16.8 Å². The number of hydrogen-bond donors (Lipinski definition) is 0. The minimum Gasteiger partial charge on any atom is -0.369 e. The molecule has 0 atom stereocenters. The fourth-order valence-electron chi connectivity index (χ4n) is 3.97. The Bertz CT molecular complexity index is 900. The maximum Gasteiger partial charge on any atom is 0.0811 e. The van der Waals surface area contributed by atoms with Crippen LogP contribution in [0.15, 0.2) is 41.9 Å². The Morgan fingerprint density at radius 1 is 1.00 bits per heavy atom. The molecular formula is C22H30Cl2N4S. The number of piperazine rings is 1. The van der Waals surface area contributed by atoms with E-state index in [1.54, 1.807) is 11.3 Å².